The lowest BCUT2D eigenvalue weighted by Gasteiger charge is -2.36. The summed E-state index contributed by atoms with van der Waals surface area (Å²) >= 11 is 0. The molecule has 1 aliphatic rings. The van der Waals surface area contributed by atoms with Crippen molar-refractivity contribution in [2.75, 3.05) is 19.8 Å². The van der Waals surface area contributed by atoms with Gasteiger partial charge < -0.3 is 15.2 Å². The van der Waals surface area contributed by atoms with Gasteiger partial charge in [0, 0.05) is 19.6 Å². The first-order valence-electron chi connectivity index (χ1n) is 5.84. The Hall–Kier alpha value is -0.870. The SMILES string of the molecule is C=CCOCCCC(=O)NCC1(O)CCC1. The number of nitrogens with one attached hydrogen (secondary N) is 1. The lowest BCUT2D eigenvalue weighted by atomic mass is 9.80. The van der Waals surface area contributed by atoms with Crippen molar-refractivity contribution < 1.29 is 14.6 Å². The topological polar surface area (TPSA) is 58.6 Å². The molecule has 16 heavy (non-hydrogen) atoms. The van der Waals surface area contributed by atoms with Gasteiger partial charge >= 0.3 is 0 Å². The molecule has 0 radical (unpaired) electrons. The smallest absolute Gasteiger partial charge is 0.220 e. The van der Waals surface area contributed by atoms with E-state index in [0.29, 0.717) is 32.6 Å². The summed E-state index contributed by atoms with van der Waals surface area (Å²) in [6, 6.07) is 0. The van der Waals surface area contributed by atoms with Crippen LogP contribution in [0.15, 0.2) is 12.7 Å². The third kappa shape index (κ3) is 4.77. The summed E-state index contributed by atoms with van der Waals surface area (Å²) < 4.78 is 5.16. The van der Waals surface area contributed by atoms with Gasteiger partial charge in [-0.1, -0.05) is 6.08 Å². The van der Waals surface area contributed by atoms with E-state index in [0.717, 1.165) is 19.3 Å². The fraction of sp³-hybridized carbons (Fsp3) is 0.750. The number of hydrogen-bond acceptors (Lipinski definition) is 3. The number of carbonyl (C=O) groups is 1. The lowest BCUT2D eigenvalue weighted by Crippen LogP contribution is -2.47. The standard InChI is InChI=1S/C12H21NO3/c1-2-8-16-9-3-5-11(14)13-10-12(15)6-4-7-12/h2,15H,1,3-10H2,(H,13,14). The zero-order chi connectivity index (χ0) is 11.9. The van der Waals surface area contributed by atoms with Gasteiger partial charge in [0.05, 0.1) is 12.2 Å². The first kappa shape index (κ1) is 13.2. The Morgan fingerprint density at radius 1 is 1.56 bits per heavy atom. The molecule has 4 nitrogen and oxygen atoms in total. The van der Waals surface area contributed by atoms with E-state index in [1.54, 1.807) is 6.08 Å². The van der Waals surface area contributed by atoms with Crippen LogP contribution < -0.4 is 5.32 Å². The maximum atomic E-state index is 11.4. The summed E-state index contributed by atoms with van der Waals surface area (Å²) in [5, 5.41) is 12.5. The highest BCUT2D eigenvalue weighted by Crippen LogP contribution is 2.30. The monoisotopic (exact) mass is 227 g/mol. The summed E-state index contributed by atoms with van der Waals surface area (Å²) in [6.45, 7) is 5.02. The first-order valence-corrected chi connectivity index (χ1v) is 5.84. The minimum Gasteiger partial charge on any atom is -0.388 e. The van der Waals surface area contributed by atoms with Crippen LogP contribution in [0.3, 0.4) is 0 Å². The van der Waals surface area contributed by atoms with E-state index < -0.39 is 5.60 Å². The fourth-order valence-electron chi connectivity index (χ4n) is 1.61. The van der Waals surface area contributed by atoms with Crippen molar-refractivity contribution in [2.24, 2.45) is 0 Å². The van der Waals surface area contributed by atoms with E-state index in [1.165, 1.54) is 0 Å². The maximum Gasteiger partial charge on any atom is 0.220 e. The van der Waals surface area contributed by atoms with Gasteiger partial charge in [-0.2, -0.15) is 0 Å². The van der Waals surface area contributed by atoms with E-state index in [9.17, 15) is 9.90 Å². The Labute approximate surface area is 96.7 Å². The largest absolute Gasteiger partial charge is 0.388 e. The predicted octanol–water partition coefficient (Wildman–Crippen LogP) is 1.00. The minimum absolute atomic E-state index is 0.0115. The molecule has 0 aromatic rings. The molecule has 0 spiro atoms. The highest BCUT2D eigenvalue weighted by Gasteiger charge is 2.34. The van der Waals surface area contributed by atoms with Crippen molar-refractivity contribution in [3.63, 3.8) is 0 Å². The normalized spacial score (nSPS) is 17.6. The van der Waals surface area contributed by atoms with E-state index in [4.69, 9.17) is 4.74 Å². The summed E-state index contributed by atoms with van der Waals surface area (Å²) in [5.41, 5.74) is -0.630. The van der Waals surface area contributed by atoms with Crippen LogP contribution in [-0.2, 0) is 9.53 Å². The molecule has 0 saturated heterocycles. The Bertz CT molecular complexity index is 236. The number of aliphatic hydroxyl groups is 1. The van der Waals surface area contributed by atoms with E-state index in [1.807, 2.05) is 0 Å². The van der Waals surface area contributed by atoms with Crippen molar-refractivity contribution in [1.29, 1.82) is 0 Å². The van der Waals surface area contributed by atoms with Gasteiger partial charge in [0.25, 0.3) is 0 Å². The summed E-state index contributed by atoms with van der Waals surface area (Å²) in [5.74, 6) is -0.0115. The van der Waals surface area contributed by atoms with Crippen molar-refractivity contribution in [3.05, 3.63) is 12.7 Å². The number of hydrogen-bond donors (Lipinski definition) is 2. The van der Waals surface area contributed by atoms with Gasteiger partial charge in [-0.05, 0) is 25.7 Å². The molecule has 1 amide bonds. The maximum absolute atomic E-state index is 11.4. The fourth-order valence-corrected chi connectivity index (χ4v) is 1.61. The molecule has 1 rings (SSSR count). The number of carbonyl (C=O) groups excluding carboxylic acids is 1. The van der Waals surface area contributed by atoms with Gasteiger partial charge in [0.1, 0.15) is 0 Å². The van der Waals surface area contributed by atoms with Crippen molar-refractivity contribution in [2.45, 2.75) is 37.7 Å². The first-order chi connectivity index (χ1) is 7.66. The molecule has 1 saturated carbocycles. The summed E-state index contributed by atoms with van der Waals surface area (Å²) in [4.78, 5) is 11.4. The number of ether oxygens (including phenoxy) is 1. The highest BCUT2D eigenvalue weighted by atomic mass is 16.5. The molecule has 1 aliphatic carbocycles. The molecule has 2 N–H and O–H groups in total. The Kier molecular flexibility index (Phi) is 5.49. The zero-order valence-electron chi connectivity index (χ0n) is 9.71. The lowest BCUT2D eigenvalue weighted by molar-refractivity contribution is -0.123. The zero-order valence-corrected chi connectivity index (χ0v) is 9.71. The number of rotatable bonds is 8. The Balaban J connectivity index is 1.96. The van der Waals surface area contributed by atoms with Crippen LogP contribution in [-0.4, -0.2) is 36.4 Å². The van der Waals surface area contributed by atoms with Crippen LogP contribution in [0.5, 0.6) is 0 Å². The molecule has 0 bridgehead atoms. The molecule has 1 fully saturated rings. The molecule has 0 unspecified atom stereocenters. The van der Waals surface area contributed by atoms with Gasteiger partial charge in [-0.25, -0.2) is 0 Å². The number of amides is 1. The van der Waals surface area contributed by atoms with Crippen molar-refractivity contribution >= 4 is 5.91 Å². The van der Waals surface area contributed by atoms with E-state index >= 15 is 0 Å². The minimum atomic E-state index is -0.630. The average molecular weight is 227 g/mol. The van der Waals surface area contributed by atoms with E-state index in [2.05, 4.69) is 11.9 Å². The molecular formula is C12H21NO3. The summed E-state index contributed by atoms with van der Waals surface area (Å²) in [7, 11) is 0. The third-order valence-corrected chi connectivity index (χ3v) is 2.83. The highest BCUT2D eigenvalue weighted by molar-refractivity contribution is 5.75. The van der Waals surface area contributed by atoms with Crippen LogP contribution in [0.25, 0.3) is 0 Å². The molecule has 0 aromatic heterocycles. The second kappa shape index (κ2) is 6.66. The average Bonchev–Trinajstić information content (AvgIpc) is 2.23. The van der Waals surface area contributed by atoms with Gasteiger partial charge in [0.15, 0.2) is 0 Å². The van der Waals surface area contributed by atoms with Crippen molar-refractivity contribution in [3.8, 4) is 0 Å². The molecule has 0 atom stereocenters. The van der Waals surface area contributed by atoms with Crippen LogP contribution in [0.2, 0.25) is 0 Å². The van der Waals surface area contributed by atoms with E-state index in [-0.39, 0.29) is 5.91 Å². The molecule has 92 valence electrons. The van der Waals surface area contributed by atoms with Crippen LogP contribution in [0.4, 0.5) is 0 Å². The van der Waals surface area contributed by atoms with Crippen molar-refractivity contribution in [1.82, 2.24) is 5.32 Å². The Morgan fingerprint density at radius 2 is 2.31 bits per heavy atom. The molecular weight excluding hydrogens is 206 g/mol. The molecule has 0 aliphatic heterocycles. The van der Waals surface area contributed by atoms with Crippen LogP contribution in [0, 0.1) is 0 Å². The quantitative estimate of drug-likeness (QED) is 0.480. The van der Waals surface area contributed by atoms with Gasteiger partial charge in [0.2, 0.25) is 5.91 Å². The summed E-state index contributed by atoms with van der Waals surface area (Å²) in [6.07, 6.45) is 5.50. The molecule has 0 heterocycles. The second-order valence-electron chi connectivity index (χ2n) is 4.32. The second-order valence-corrected chi connectivity index (χ2v) is 4.32. The molecule has 0 aromatic carbocycles. The Morgan fingerprint density at radius 3 is 2.88 bits per heavy atom. The predicted molar refractivity (Wildman–Crippen MR) is 62.1 cm³/mol. The van der Waals surface area contributed by atoms with Crippen LogP contribution in [0.1, 0.15) is 32.1 Å². The van der Waals surface area contributed by atoms with Gasteiger partial charge in [-0.15, -0.1) is 6.58 Å². The third-order valence-electron chi connectivity index (χ3n) is 2.83. The van der Waals surface area contributed by atoms with Gasteiger partial charge in [-0.3, -0.25) is 4.79 Å². The van der Waals surface area contributed by atoms with Crippen LogP contribution >= 0.6 is 0 Å². The molecule has 4 heteroatoms.